The van der Waals surface area contributed by atoms with E-state index in [9.17, 15) is 4.79 Å². The Bertz CT molecular complexity index is 311. The summed E-state index contributed by atoms with van der Waals surface area (Å²) in [7, 11) is -1.07. The van der Waals surface area contributed by atoms with Gasteiger partial charge in [0.05, 0.1) is 14.7 Å². The molecule has 0 aromatic heterocycles. The topological polar surface area (TPSA) is 29.5 Å². The molecule has 2 heterocycles. The summed E-state index contributed by atoms with van der Waals surface area (Å²) >= 11 is 0. The number of nitrogens with zero attached hydrogens (tertiary/aromatic N) is 1. The molecule has 2 aliphatic rings. The van der Waals surface area contributed by atoms with Crippen LogP contribution in [0.3, 0.4) is 0 Å². The van der Waals surface area contributed by atoms with E-state index < -0.39 is 8.80 Å². The minimum atomic E-state index is -1.07. The van der Waals surface area contributed by atoms with Crippen molar-refractivity contribution in [3.05, 3.63) is 12.7 Å². The zero-order valence-corrected chi connectivity index (χ0v) is 12.1. The predicted molar refractivity (Wildman–Crippen MR) is 71.4 cm³/mol. The summed E-state index contributed by atoms with van der Waals surface area (Å²) in [5.74, 6) is 0.258. The lowest BCUT2D eigenvalue weighted by atomic mass is 10.1. The third-order valence-electron chi connectivity index (χ3n) is 4.17. The fourth-order valence-electron chi connectivity index (χ4n) is 3.08. The average molecular weight is 253 g/mol. The number of carbonyl (C=O) groups is 1. The number of hydrogen-bond donors (Lipinski definition) is 0. The van der Waals surface area contributed by atoms with E-state index in [0.29, 0.717) is 0 Å². The maximum atomic E-state index is 12.3. The molecule has 4 heteroatoms. The van der Waals surface area contributed by atoms with E-state index in [4.69, 9.17) is 4.74 Å². The van der Waals surface area contributed by atoms with Crippen molar-refractivity contribution in [3.63, 3.8) is 0 Å². The summed E-state index contributed by atoms with van der Waals surface area (Å²) in [4.78, 5) is 14.4. The molecule has 96 valence electrons. The molecule has 2 fully saturated rings. The van der Waals surface area contributed by atoms with Crippen molar-refractivity contribution < 1.29 is 9.53 Å². The fraction of sp³-hybridized carbons (Fsp3) is 0.769. The summed E-state index contributed by atoms with van der Waals surface area (Å²) < 4.78 is 6.11. The molecule has 2 unspecified atom stereocenters. The van der Waals surface area contributed by atoms with Crippen LogP contribution in [-0.2, 0) is 9.53 Å². The highest BCUT2D eigenvalue weighted by Gasteiger charge is 2.48. The van der Waals surface area contributed by atoms with Gasteiger partial charge in [0.2, 0.25) is 5.91 Å². The van der Waals surface area contributed by atoms with Crippen LogP contribution in [0.5, 0.6) is 0 Å². The Labute approximate surface area is 105 Å². The first-order chi connectivity index (χ1) is 8.12. The maximum Gasteiger partial charge on any atom is 0.231 e. The van der Waals surface area contributed by atoms with Crippen LogP contribution in [0.2, 0.25) is 13.1 Å². The van der Waals surface area contributed by atoms with Crippen LogP contribution in [0.25, 0.3) is 0 Å². The lowest BCUT2D eigenvalue weighted by Gasteiger charge is -2.47. The van der Waals surface area contributed by atoms with E-state index >= 15 is 0 Å². The van der Waals surface area contributed by atoms with Gasteiger partial charge in [-0.3, -0.25) is 4.79 Å². The normalized spacial score (nSPS) is 34.4. The predicted octanol–water partition coefficient (Wildman–Crippen LogP) is 1.94. The highest BCUT2D eigenvalue weighted by Crippen LogP contribution is 2.36. The molecule has 1 amide bonds. The highest BCUT2D eigenvalue weighted by atomic mass is 28.3. The molecule has 0 spiro atoms. The number of ether oxygens (including phenoxy) is 1. The molecule has 17 heavy (non-hydrogen) atoms. The van der Waals surface area contributed by atoms with Gasteiger partial charge in [-0.2, -0.15) is 0 Å². The van der Waals surface area contributed by atoms with Gasteiger partial charge in [0.25, 0.3) is 0 Å². The molecule has 0 saturated carbocycles. The summed E-state index contributed by atoms with van der Waals surface area (Å²) in [6, 6.07) is 0. The molecule has 0 aromatic carbocycles. The van der Waals surface area contributed by atoms with Gasteiger partial charge in [-0.05, 0) is 25.7 Å². The summed E-state index contributed by atoms with van der Waals surface area (Å²) in [6.45, 7) is 10.0. The van der Waals surface area contributed by atoms with Crippen LogP contribution in [0.15, 0.2) is 12.7 Å². The number of amides is 1. The van der Waals surface area contributed by atoms with Crippen molar-refractivity contribution in [2.24, 2.45) is 5.92 Å². The van der Waals surface area contributed by atoms with E-state index in [2.05, 4.69) is 19.7 Å². The first kappa shape index (κ1) is 12.8. The molecular weight excluding hydrogens is 230 g/mol. The summed E-state index contributed by atoms with van der Waals surface area (Å²) in [6.07, 6.45) is 6.06. The number of rotatable bonds is 3. The van der Waals surface area contributed by atoms with Crippen molar-refractivity contribution in [1.82, 2.24) is 4.90 Å². The maximum absolute atomic E-state index is 12.3. The Balaban J connectivity index is 2.22. The zero-order valence-electron chi connectivity index (χ0n) is 10.9. The smallest absolute Gasteiger partial charge is 0.231 e. The standard InChI is InChI=1S/C13H23NO2Si/c1-4-11-7-9-14(12(11)15)13(17(2)3)8-5-6-10-16-13/h4,11,17H,1,5-10H2,2-3H3. The lowest BCUT2D eigenvalue weighted by Crippen LogP contribution is -2.61. The van der Waals surface area contributed by atoms with Crippen LogP contribution >= 0.6 is 0 Å². The van der Waals surface area contributed by atoms with Gasteiger partial charge in [-0.1, -0.05) is 19.2 Å². The molecule has 0 N–H and O–H groups in total. The summed E-state index contributed by atoms with van der Waals surface area (Å²) in [5, 5.41) is -0.215. The Morgan fingerprint density at radius 3 is 2.76 bits per heavy atom. The number of carbonyl (C=O) groups excluding carboxylic acids is 1. The minimum absolute atomic E-state index is 0.0187. The third kappa shape index (κ3) is 2.08. The first-order valence-electron chi connectivity index (χ1n) is 6.70. The Kier molecular flexibility index (Phi) is 3.73. The van der Waals surface area contributed by atoms with Gasteiger partial charge < -0.3 is 9.64 Å². The molecule has 0 aromatic rings. The molecule has 2 atom stereocenters. The second-order valence-corrected chi connectivity index (χ2v) is 8.64. The van der Waals surface area contributed by atoms with Gasteiger partial charge in [-0.15, -0.1) is 6.58 Å². The van der Waals surface area contributed by atoms with E-state index in [1.165, 1.54) is 6.42 Å². The third-order valence-corrected chi connectivity index (χ3v) is 6.74. The van der Waals surface area contributed by atoms with E-state index in [1.807, 2.05) is 4.90 Å². The van der Waals surface area contributed by atoms with Crippen molar-refractivity contribution in [1.29, 1.82) is 0 Å². The van der Waals surface area contributed by atoms with Gasteiger partial charge in [0.1, 0.15) is 5.35 Å². The molecule has 0 radical (unpaired) electrons. The Morgan fingerprint density at radius 2 is 2.29 bits per heavy atom. The number of hydrogen-bond acceptors (Lipinski definition) is 2. The van der Waals surface area contributed by atoms with Crippen LogP contribution < -0.4 is 0 Å². The summed E-state index contributed by atoms with van der Waals surface area (Å²) in [5.41, 5.74) is 0. The van der Waals surface area contributed by atoms with Crippen LogP contribution in [0.4, 0.5) is 0 Å². The van der Waals surface area contributed by atoms with Crippen LogP contribution in [0, 0.1) is 5.92 Å². The van der Waals surface area contributed by atoms with E-state index in [-0.39, 0.29) is 17.2 Å². The van der Waals surface area contributed by atoms with Gasteiger partial charge in [0.15, 0.2) is 0 Å². The Morgan fingerprint density at radius 1 is 1.53 bits per heavy atom. The lowest BCUT2D eigenvalue weighted by molar-refractivity contribution is -0.158. The van der Waals surface area contributed by atoms with Crippen LogP contribution in [-0.4, -0.2) is 38.1 Å². The monoisotopic (exact) mass is 253 g/mol. The van der Waals surface area contributed by atoms with Gasteiger partial charge in [0, 0.05) is 13.2 Å². The van der Waals surface area contributed by atoms with Gasteiger partial charge in [-0.25, -0.2) is 0 Å². The zero-order chi connectivity index (χ0) is 12.5. The number of likely N-dealkylation sites (tertiary alicyclic amines) is 1. The van der Waals surface area contributed by atoms with Gasteiger partial charge >= 0.3 is 0 Å². The van der Waals surface area contributed by atoms with E-state index in [0.717, 1.165) is 32.4 Å². The molecule has 2 saturated heterocycles. The minimum Gasteiger partial charge on any atom is -0.360 e. The van der Waals surface area contributed by atoms with E-state index in [1.54, 1.807) is 6.08 Å². The van der Waals surface area contributed by atoms with Crippen LogP contribution in [0.1, 0.15) is 25.7 Å². The largest absolute Gasteiger partial charge is 0.360 e. The van der Waals surface area contributed by atoms with Crippen molar-refractivity contribution in [2.75, 3.05) is 13.2 Å². The molecule has 2 aliphatic heterocycles. The molecule has 0 aliphatic carbocycles. The Hall–Kier alpha value is -0.613. The second-order valence-electron chi connectivity index (χ2n) is 5.43. The fourth-order valence-corrected chi connectivity index (χ4v) is 5.19. The average Bonchev–Trinajstić information content (AvgIpc) is 2.71. The first-order valence-corrected chi connectivity index (χ1v) is 9.58. The SMILES string of the molecule is C=CC1CCN(C2([SiH](C)C)CCCCO2)C1=O. The highest BCUT2D eigenvalue weighted by molar-refractivity contribution is 6.59. The van der Waals surface area contributed by atoms with Crippen molar-refractivity contribution >= 4 is 14.7 Å². The molecule has 3 nitrogen and oxygen atoms in total. The van der Waals surface area contributed by atoms with Crippen molar-refractivity contribution in [2.45, 2.75) is 44.1 Å². The molecule has 0 bridgehead atoms. The quantitative estimate of drug-likeness (QED) is 0.568. The second kappa shape index (κ2) is 4.94. The molecular formula is C13H23NO2Si. The molecule has 2 rings (SSSR count). The van der Waals surface area contributed by atoms with Crippen molar-refractivity contribution in [3.8, 4) is 0 Å².